The van der Waals surface area contributed by atoms with Crippen molar-refractivity contribution >= 4 is 22.1 Å². The molecule has 1 saturated carbocycles. The van der Waals surface area contributed by atoms with Gasteiger partial charge in [0.25, 0.3) is 0 Å². The van der Waals surface area contributed by atoms with Crippen LogP contribution in [0.25, 0.3) is 10.8 Å². The molecule has 0 bridgehead atoms. The topological polar surface area (TPSA) is 71.2 Å². The molecule has 2 atom stereocenters. The number of rotatable bonds is 3. The summed E-state index contributed by atoms with van der Waals surface area (Å²) in [4.78, 5) is 4.14. The number of hydrogen-bond donors (Lipinski definition) is 3. The fourth-order valence-electron chi connectivity index (χ4n) is 3.15. The van der Waals surface area contributed by atoms with Crippen molar-refractivity contribution < 1.29 is 5.11 Å². The van der Waals surface area contributed by atoms with Crippen LogP contribution in [0, 0.1) is 5.92 Å². The minimum atomic E-state index is 0.256. The number of pyridine rings is 1. The van der Waals surface area contributed by atoms with Crippen molar-refractivity contribution in [2.75, 3.05) is 17.7 Å². The highest BCUT2D eigenvalue weighted by atomic mass is 16.3. The van der Waals surface area contributed by atoms with E-state index in [9.17, 15) is 5.11 Å². The molecule has 1 aromatic carbocycles. The molecule has 4 heteroatoms. The maximum Gasteiger partial charge on any atom is 0.0478 e. The maximum atomic E-state index is 9.53. The van der Waals surface area contributed by atoms with Gasteiger partial charge < -0.3 is 16.2 Å². The first-order valence-electron chi connectivity index (χ1n) is 7.29. The summed E-state index contributed by atoms with van der Waals surface area (Å²) in [5.41, 5.74) is 7.84. The lowest BCUT2D eigenvalue weighted by molar-refractivity contribution is 0.178. The number of fused-ring (bicyclic) bond motifs is 1. The molecule has 1 heterocycles. The summed E-state index contributed by atoms with van der Waals surface area (Å²) >= 11 is 0. The Morgan fingerprint density at radius 3 is 2.90 bits per heavy atom. The van der Waals surface area contributed by atoms with Crippen LogP contribution < -0.4 is 11.1 Å². The van der Waals surface area contributed by atoms with Crippen molar-refractivity contribution in [3.05, 3.63) is 30.6 Å². The number of aliphatic hydroxyl groups is 1. The van der Waals surface area contributed by atoms with E-state index >= 15 is 0 Å². The van der Waals surface area contributed by atoms with Crippen molar-refractivity contribution in [2.24, 2.45) is 5.92 Å². The largest absolute Gasteiger partial charge is 0.398 e. The van der Waals surface area contributed by atoms with Gasteiger partial charge in [0.2, 0.25) is 0 Å². The van der Waals surface area contributed by atoms with Gasteiger partial charge in [-0.1, -0.05) is 12.8 Å². The van der Waals surface area contributed by atoms with Gasteiger partial charge in [-0.15, -0.1) is 0 Å². The zero-order chi connectivity index (χ0) is 13.9. The van der Waals surface area contributed by atoms with E-state index in [4.69, 9.17) is 5.73 Å². The number of aliphatic hydroxyl groups excluding tert-OH is 1. The van der Waals surface area contributed by atoms with Crippen LogP contribution in [0.4, 0.5) is 11.4 Å². The van der Waals surface area contributed by atoms with E-state index in [2.05, 4.69) is 10.3 Å². The Morgan fingerprint density at radius 2 is 2.05 bits per heavy atom. The average molecular weight is 271 g/mol. The molecule has 4 N–H and O–H groups in total. The van der Waals surface area contributed by atoms with Gasteiger partial charge in [0, 0.05) is 53.1 Å². The van der Waals surface area contributed by atoms with Crippen LogP contribution in [0.3, 0.4) is 0 Å². The Balaban J connectivity index is 1.92. The number of nitrogens with two attached hydrogens (primary N) is 1. The minimum absolute atomic E-state index is 0.256. The van der Waals surface area contributed by atoms with Gasteiger partial charge >= 0.3 is 0 Å². The molecule has 1 fully saturated rings. The second kappa shape index (κ2) is 5.67. The van der Waals surface area contributed by atoms with E-state index < -0.39 is 0 Å². The van der Waals surface area contributed by atoms with Gasteiger partial charge in [-0.05, 0) is 31.0 Å². The molecule has 4 nitrogen and oxygen atoms in total. The summed E-state index contributed by atoms with van der Waals surface area (Å²) in [5.74, 6) is 0.346. The molecule has 20 heavy (non-hydrogen) atoms. The third-order valence-corrected chi connectivity index (χ3v) is 4.34. The summed E-state index contributed by atoms with van der Waals surface area (Å²) in [6, 6.07) is 6.28. The molecular formula is C16H21N3O. The van der Waals surface area contributed by atoms with Gasteiger partial charge in [-0.3, -0.25) is 4.98 Å². The zero-order valence-electron chi connectivity index (χ0n) is 11.5. The SMILES string of the molecule is Nc1ccc(NC2CCCCC2CO)c2ccncc12. The third-order valence-electron chi connectivity index (χ3n) is 4.34. The van der Waals surface area contributed by atoms with Crippen molar-refractivity contribution in [1.82, 2.24) is 4.98 Å². The van der Waals surface area contributed by atoms with Crippen LogP contribution >= 0.6 is 0 Å². The highest BCUT2D eigenvalue weighted by Crippen LogP contribution is 2.32. The second-order valence-electron chi connectivity index (χ2n) is 5.60. The Bertz CT molecular complexity index is 599. The molecule has 0 amide bonds. The number of nitrogens with zero attached hydrogens (tertiary/aromatic N) is 1. The van der Waals surface area contributed by atoms with Gasteiger partial charge in [0.05, 0.1) is 0 Å². The second-order valence-corrected chi connectivity index (χ2v) is 5.60. The fourth-order valence-corrected chi connectivity index (χ4v) is 3.15. The van der Waals surface area contributed by atoms with Gasteiger partial charge in [-0.25, -0.2) is 0 Å². The molecule has 2 aromatic rings. The first kappa shape index (κ1) is 13.2. The van der Waals surface area contributed by atoms with Crippen LogP contribution in [0.1, 0.15) is 25.7 Å². The number of benzene rings is 1. The molecule has 0 saturated heterocycles. The first-order valence-corrected chi connectivity index (χ1v) is 7.29. The third kappa shape index (κ3) is 2.43. The minimum Gasteiger partial charge on any atom is -0.398 e. The monoisotopic (exact) mass is 271 g/mol. The lowest BCUT2D eigenvalue weighted by atomic mass is 9.85. The Labute approximate surface area is 119 Å². The summed E-state index contributed by atoms with van der Waals surface area (Å²) < 4.78 is 0. The summed E-state index contributed by atoms with van der Waals surface area (Å²) in [7, 11) is 0. The highest BCUT2D eigenvalue weighted by Gasteiger charge is 2.24. The lowest BCUT2D eigenvalue weighted by Gasteiger charge is -2.32. The van der Waals surface area contributed by atoms with Crippen molar-refractivity contribution in [3.63, 3.8) is 0 Å². The van der Waals surface area contributed by atoms with E-state index in [0.29, 0.717) is 12.0 Å². The lowest BCUT2D eigenvalue weighted by Crippen LogP contribution is -2.34. The van der Waals surface area contributed by atoms with E-state index in [-0.39, 0.29) is 6.61 Å². The van der Waals surface area contributed by atoms with Crippen molar-refractivity contribution in [2.45, 2.75) is 31.7 Å². The normalized spacial score (nSPS) is 22.9. The van der Waals surface area contributed by atoms with Crippen LogP contribution in [0.2, 0.25) is 0 Å². The molecular weight excluding hydrogens is 250 g/mol. The maximum absolute atomic E-state index is 9.53. The number of nitrogens with one attached hydrogen (secondary N) is 1. The molecule has 1 aliphatic rings. The van der Waals surface area contributed by atoms with Gasteiger partial charge in [0.1, 0.15) is 0 Å². The molecule has 3 rings (SSSR count). The van der Waals surface area contributed by atoms with Crippen LogP contribution in [0.15, 0.2) is 30.6 Å². The van der Waals surface area contributed by atoms with Crippen LogP contribution in [-0.2, 0) is 0 Å². The van der Waals surface area contributed by atoms with Gasteiger partial charge in [-0.2, -0.15) is 0 Å². The first-order chi connectivity index (χ1) is 9.79. The predicted molar refractivity (Wildman–Crippen MR) is 82.6 cm³/mol. The van der Waals surface area contributed by atoms with E-state index in [1.54, 1.807) is 12.4 Å². The molecule has 0 radical (unpaired) electrons. The Kier molecular flexibility index (Phi) is 3.74. The molecule has 1 aliphatic carbocycles. The average Bonchev–Trinajstić information content (AvgIpc) is 2.51. The van der Waals surface area contributed by atoms with E-state index in [0.717, 1.165) is 35.0 Å². The number of anilines is 2. The fraction of sp³-hybridized carbons (Fsp3) is 0.438. The number of hydrogen-bond acceptors (Lipinski definition) is 4. The smallest absolute Gasteiger partial charge is 0.0478 e. The molecule has 106 valence electrons. The standard InChI is InChI=1S/C16H21N3O/c17-14-5-6-16(12-7-8-18-9-13(12)14)19-15-4-2-1-3-11(15)10-20/h5-9,11,15,19-20H,1-4,10,17H2. The van der Waals surface area contributed by atoms with Gasteiger partial charge in [0.15, 0.2) is 0 Å². The highest BCUT2D eigenvalue weighted by molar-refractivity contribution is 6.00. The summed E-state index contributed by atoms with van der Waals surface area (Å²) in [6.45, 7) is 0.256. The van der Waals surface area contributed by atoms with Crippen LogP contribution in [-0.4, -0.2) is 22.7 Å². The zero-order valence-corrected chi connectivity index (χ0v) is 11.5. The molecule has 0 aliphatic heterocycles. The predicted octanol–water partition coefficient (Wildman–Crippen LogP) is 2.78. The summed E-state index contributed by atoms with van der Waals surface area (Å²) in [6.07, 6.45) is 8.25. The molecule has 1 aromatic heterocycles. The van der Waals surface area contributed by atoms with Crippen molar-refractivity contribution in [1.29, 1.82) is 0 Å². The molecule has 0 spiro atoms. The Morgan fingerprint density at radius 1 is 1.20 bits per heavy atom. The van der Waals surface area contributed by atoms with E-state index in [1.165, 1.54) is 12.8 Å². The Hall–Kier alpha value is -1.81. The van der Waals surface area contributed by atoms with Crippen LogP contribution in [0.5, 0.6) is 0 Å². The quantitative estimate of drug-likeness (QED) is 0.751. The molecule has 2 unspecified atom stereocenters. The summed E-state index contributed by atoms with van der Waals surface area (Å²) in [5, 5.41) is 15.2. The number of nitrogen functional groups attached to an aromatic ring is 1. The number of aromatic nitrogens is 1. The van der Waals surface area contributed by atoms with Crippen molar-refractivity contribution in [3.8, 4) is 0 Å². The van der Waals surface area contributed by atoms with E-state index in [1.807, 2.05) is 18.2 Å².